The molecule has 2 N–H and O–H groups in total. The van der Waals surface area contributed by atoms with E-state index in [0.717, 1.165) is 19.3 Å². The van der Waals surface area contributed by atoms with Gasteiger partial charge in [0.2, 0.25) is 0 Å². The highest BCUT2D eigenvalue weighted by Crippen LogP contribution is 2.71. The molecule has 0 heterocycles. The Morgan fingerprint density at radius 1 is 1.12 bits per heavy atom. The molecule has 0 spiro atoms. The maximum atomic E-state index is 11.3. The molecule has 0 aromatic heterocycles. The number of aliphatic hydroxyl groups is 2. The van der Waals surface area contributed by atoms with Gasteiger partial charge in [-0.25, -0.2) is 0 Å². The van der Waals surface area contributed by atoms with Crippen molar-refractivity contribution in [2.24, 2.45) is 28.6 Å². The Labute approximate surface area is 104 Å². The fraction of sp³-hybridized carbons (Fsp3) is 1.00. The van der Waals surface area contributed by atoms with Crippen LogP contribution in [0.4, 0.5) is 0 Å². The molecular formula is C15H26O2. The lowest BCUT2D eigenvalue weighted by Gasteiger charge is -2.71. The molecule has 0 aromatic rings. The van der Waals surface area contributed by atoms with Crippen LogP contribution in [0.3, 0.4) is 0 Å². The van der Waals surface area contributed by atoms with E-state index in [1.165, 1.54) is 12.8 Å². The summed E-state index contributed by atoms with van der Waals surface area (Å²) in [4.78, 5) is 0. The maximum Gasteiger partial charge on any atom is 0.0757 e. The number of fused-ring (bicyclic) bond motifs is 1. The van der Waals surface area contributed by atoms with Crippen molar-refractivity contribution >= 4 is 0 Å². The fourth-order valence-electron chi connectivity index (χ4n) is 5.72. The molecule has 0 aliphatic heterocycles. The largest absolute Gasteiger partial charge is 0.396 e. The van der Waals surface area contributed by atoms with E-state index in [9.17, 15) is 10.2 Å². The average Bonchev–Trinajstić information content (AvgIpc) is 2.28. The topological polar surface area (TPSA) is 40.5 Å². The van der Waals surface area contributed by atoms with Gasteiger partial charge in [0.25, 0.3) is 0 Å². The van der Waals surface area contributed by atoms with E-state index in [0.29, 0.717) is 24.4 Å². The van der Waals surface area contributed by atoms with Gasteiger partial charge in [0, 0.05) is 12.0 Å². The summed E-state index contributed by atoms with van der Waals surface area (Å²) in [5.74, 6) is 1.62. The van der Waals surface area contributed by atoms with Gasteiger partial charge in [-0.1, -0.05) is 20.8 Å². The van der Waals surface area contributed by atoms with Crippen LogP contribution in [0.5, 0.6) is 0 Å². The molecule has 4 rings (SSSR count). The van der Waals surface area contributed by atoms with Gasteiger partial charge in [0.1, 0.15) is 0 Å². The molecule has 98 valence electrons. The SMILES string of the molecule is CC1(C)[C@@H]2CC[C@@]3(C)[C@@H](C2)[C@H](CO)CC[C@@]13O. The predicted octanol–water partition coefficient (Wildman–Crippen LogP) is 2.58. The summed E-state index contributed by atoms with van der Waals surface area (Å²) in [6.45, 7) is 7.13. The molecule has 4 bridgehead atoms. The third-order valence-electron chi connectivity index (χ3n) is 7.08. The lowest BCUT2D eigenvalue weighted by Crippen LogP contribution is -2.71. The second kappa shape index (κ2) is 3.27. The molecule has 2 heteroatoms. The molecular weight excluding hydrogens is 212 g/mol. The van der Waals surface area contributed by atoms with Gasteiger partial charge in [-0.15, -0.1) is 0 Å². The molecule has 0 aromatic carbocycles. The first kappa shape index (κ1) is 12.0. The summed E-state index contributed by atoms with van der Waals surface area (Å²) in [5, 5.41) is 20.9. The Bertz CT molecular complexity index is 338. The molecule has 0 saturated heterocycles. The molecule has 17 heavy (non-hydrogen) atoms. The van der Waals surface area contributed by atoms with Crippen LogP contribution in [-0.2, 0) is 0 Å². The highest BCUT2D eigenvalue weighted by Gasteiger charge is 2.70. The number of aliphatic hydroxyl groups excluding tert-OH is 1. The van der Waals surface area contributed by atoms with Crippen molar-refractivity contribution < 1.29 is 10.2 Å². The molecule has 0 radical (unpaired) electrons. The molecule has 0 unspecified atom stereocenters. The van der Waals surface area contributed by atoms with Crippen molar-refractivity contribution in [1.82, 2.24) is 0 Å². The highest BCUT2D eigenvalue weighted by molar-refractivity contribution is 5.19. The van der Waals surface area contributed by atoms with E-state index in [4.69, 9.17) is 0 Å². The zero-order valence-electron chi connectivity index (χ0n) is 11.4. The van der Waals surface area contributed by atoms with Gasteiger partial charge < -0.3 is 10.2 Å². The molecule has 4 aliphatic carbocycles. The second-order valence-electron chi connectivity index (χ2n) is 7.56. The van der Waals surface area contributed by atoms with Crippen molar-refractivity contribution in [3.05, 3.63) is 0 Å². The maximum absolute atomic E-state index is 11.3. The monoisotopic (exact) mass is 238 g/mol. The van der Waals surface area contributed by atoms with Gasteiger partial charge in [-0.05, 0) is 55.3 Å². The van der Waals surface area contributed by atoms with E-state index in [-0.39, 0.29) is 10.8 Å². The van der Waals surface area contributed by atoms with E-state index < -0.39 is 5.60 Å². The Balaban J connectivity index is 2.08. The third-order valence-corrected chi connectivity index (χ3v) is 7.08. The van der Waals surface area contributed by atoms with Crippen molar-refractivity contribution in [1.29, 1.82) is 0 Å². The van der Waals surface area contributed by atoms with Gasteiger partial charge in [-0.3, -0.25) is 0 Å². The normalized spacial score (nSPS) is 55.9. The first-order valence-electron chi connectivity index (χ1n) is 7.20. The number of hydrogen-bond acceptors (Lipinski definition) is 2. The second-order valence-corrected chi connectivity index (χ2v) is 7.56. The standard InChI is InChI=1S/C15H26O2/c1-13(2)11-5-6-14(3)12(8-11)10(9-16)4-7-15(13,14)17/h10-12,16-17H,4-9H2,1-3H3/t10-,11+,12-,14-,15+/m0/s1. The Kier molecular flexibility index (Phi) is 2.30. The molecule has 4 saturated carbocycles. The van der Waals surface area contributed by atoms with Crippen LogP contribution >= 0.6 is 0 Å². The van der Waals surface area contributed by atoms with Gasteiger partial charge in [0.05, 0.1) is 5.60 Å². The van der Waals surface area contributed by atoms with Crippen LogP contribution in [0.25, 0.3) is 0 Å². The number of rotatable bonds is 1. The summed E-state index contributed by atoms with van der Waals surface area (Å²) < 4.78 is 0. The van der Waals surface area contributed by atoms with E-state index in [1.54, 1.807) is 0 Å². The summed E-state index contributed by atoms with van der Waals surface area (Å²) in [6, 6.07) is 0. The highest BCUT2D eigenvalue weighted by atomic mass is 16.3. The minimum Gasteiger partial charge on any atom is -0.396 e. The lowest BCUT2D eigenvalue weighted by atomic mass is 9.35. The van der Waals surface area contributed by atoms with Crippen LogP contribution in [0.15, 0.2) is 0 Å². The summed E-state index contributed by atoms with van der Waals surface area (Å²) >= 11 is 0. The van der Waals surface area contributed by atoms with Crippen molar-refractivity contribution in [2.45, 2.75) is 58.5 Å². The average molecular weight is 238 g/mol. The van der Waals surface area contributed by atoms with Crippen molar-refractivity contribution in [3.63, 3.8) is 0 Å². The van der Waals surface area contributed by atoms with Crippen LogP contribution < -0.4 is 0 Å². The summed E-state index contributed by atoms with van der Waals surface area (Å²) in [7, 11) is 0. The van der Waals surface area contributed by atoms with Gasteiger partial charge in [-0.2, -0.15) is 0 Å². The Morgan fingerprint density at radius 3 is 2.47 bits per heavy atom. The van der Waals surface area contributed by atoms with Crippen LogP contribution in [0.1, 0.15) is 52.9 Å². The van der Waals surface area contributed by atoms with Crippen molar-refractivity contribution in [2.75, 3.05) is 6.61 Å². The lowest BCUT2D eigenvalue weighted by molar-refractivity contribution is -0.294. The molecule has 0 amide bonds. The first-order chi connectivity index (χ1) is 7.87. The molecule has 2 nitrogen and oxygen atoms in total. The van der Waals surface area contributed by atoms with E-state index in [2.05, 4.69) is 20.8 Å². The molecule has 4 fully saturated rings. The summed E-state index contributed by atoms with van der Waals surface area (Å²) in [6.07, 6.45) is 5.52. The molecule has 5 atom stereocenters. The quantitative estimate of drug-likeness (QED) is 0.737. The summed E-state index contributed by atoms with van der Waals surface area (Å²) in [5.41, 5.74) is -0.411. The van der Waals surface area contributed by atoms with Crippen LogP contribution in [-0.4, -0.2) is 22.4 Å². The first-order valence-corrected chi connectivity index (χ1v) is 7.20. The van der Waals surface area contributed by atoms with Gasteiger partial charge in [0.15, 0.2) is 0 Å². The Hall–Kier alpha value is -0.0800. The van der Waals surface area contributed by atoms with Crippen molar-refractivity contribution in [3.8, 4) is 0 Å². The zero-order chi connectivity index (χ0) is 12.5. The van der Waals surface area contributed by atoms with E-state index in [1.807, 2.05) is 0 Å². The fourth-order valence-corrected chi connectivity index (χ4v) is 5.72. The minimum atomic E-state index is -0.502. The van der Waals surface area contributed by atoms with Crippen LogP contribution in [0.2, 0.25) is 0 Å². The minimum absolute atomic E-state index is 0.0386. The molecule has 4 aliphatic rings. The number of hydrogen-bond donors (Lipinski definition) is 2. The van der Waals surface area contributed by atoms with Gasteiger partial charge >= 0.3 is 0 Å². The third kappa shape index (κ3) is 1.14. The Morgan fingerprint density at radius 2 is 1.82 bits per heavy atom. The predicted molar refractivity (Wildman–Crippen MR) is 67.5 cm³/mol. The van der Waals surface area contributed by atoms with E-state index >= 15 is 0 Å². The van der Waals surface area contributed by atoms with Crippen LogP contribution in [0, 0.1) is 28.6 Å². The zero-order valence-corrected chi connectivity index (χ0v) is 11.4. The smallest absolute Gasteiger partial charge is 0.0757 e.